The van der Waals surface area contributed by atoms with Crippen LogP contribution in [0.15, 0.2) is 24.3 Å². The summed E-state index contributed by atoms with van der Waals surface area (Å²) in [5.41, 5.74) is 8.60. The van der Waals surface area contributed by atoms with Crippen LogP contribution in [0.4, 0.5) is 5.69 Å². The van der Waals surface area contributed by atoms with E-state index in [-0.39, 0.29) is 6.04 Å². The standard InChI is InChI=1S/C15H25N3/c1-4-15(16)13-5-7-14(8-6-13)18-10-9-17(3)12(2)11-18/h5-8,12,15H,4,9-11,16H2,1-3H3/t12?,15-/m0/s1. The summed E-state index contributed by atoms with van der Waals surface area (Å²) in [4.78, 5) is 4.88. The number of hydrogen-bond donors (Lipinski definition) is 1. The summed E-state index contributed by atoms with van der Waals surface area (Å²) >= 11 is 0. The van der Waals surface area contributed by atoms with Crippen LogP contribution in [-0.2, 0) is 0 Å². The highest BCUT2D eigenvalue weighted by Crippen LogP contribution is 2.21. The average Bonchev–Trinajstić information content (AvgIpc) is 2.41. The van der Waals surface area contributed by atoms with E-state index in [4.69, 9.17) is 5.73 Å². The highest BCUT2D eigenvalue weighted by Gasteiger charge is 2.20. The zero-order chi connectivity index (χ0) is 13.1. The van der Waals surface area contributed by atoms with Gasteiger partial charge in [-0.15, -0.1) is 0 Å². The molecule has 0 saturated carbocycles. The van der Waals surface area contributed by atoms with Gasteiger partial charge in [0, 0.05) is 37.4 Å². The summed E-state index contributed by atoms with van der Waals surface area (Å²) < 4.78 is 0. The molecule has 3 nitrogen and oxygen atoms in total. The second-order valence-electron chi connectivity index (χ2n) is 5.38. The summed E-state index contributed by atoms with van der Waals surface area (Å²) in [6.07, 6.45) is 0.991. The summed E-state index contributed by atoms with van der Waals surface area (Å²) in [5.74, 6) is 0. The maximum atomic E-state index is 6.04. The van der Waals surface area contributed by atoms with Crippen LogP contribution in [0.2, 0.25) is 0 Å². The number of rotatable bonds is 3. The van der Waals surface area contributed by atoms with Crippen LogP contribution >= 0.6 is 0 Å². The van der Waals surface area contributed by atoms with Crippen molar-refractivity contribution in [2.24, 2.45) is 5.73 Å². The fourth-order valence-electron chi connectivity index (χ4n) is 2.45. The Hall–Kier alpha value is -1.06. The molecule has 2 rings (SSSR count). The number of likely N-dealkylation sites (N-methyl/N-ethyl adjacent to an activating group) is 1. The second-order valence-corrected chi connectivity index (χ2v) is 5.38. The number of nitrogens with two attached hydrogens (primary N) is 1. The molecule has 1 aliphatic heterocycles. The van der Waals surface area contributed by atoms with Gasteiger partial charge in [0.15, 0.2) is 0 Å². The Labute approximate surface area is 111 Å². The monoisotopic (exact) mass is 247 g/mol. The third-order valence-electron chi connectivity index (χ3n) is 4.09. The topological polar surface area (TPSA) is 32.5 Å². The molecule has 0 amide bonds. The first-order valence-corrected chi connectivity index (χ1v) is 6.92. The quantitative estimate of drug-likeness (QED) is 0.889. The van der Waals surface area contributed by atoms with E-state index in [0.29, 0.717) is 6.04 Å². The summed E-state index contributed by atoms with van der Waals surface area (Å²) in [5, 5.41) is 0. The van der Waals surface area contributed by atoms with Crippen molar-refractivity contribution in [3.63, 3.8) is 0 Å². The van der Waals surface area contributed by atoms with Crippen molar-refractivity contribution in [3.05, 3.63) is 29.8 Å². The van der Waals surface area contributed by atoms with E-state index < -0.39 is 0 Å². The molecular formula is C15H25N3. The number of benzene rings is 1. The van der Waals surface area contributed by atoms with Crippen LogP contribution in [0.1, 0.15) is 31.9 Å². The van der Waals surface area contributed by atoms with Crippen molar-refractivity contribution in [3.8, 4) is 0 Å². The smallest absolute Gasteiger partial charge is 0.0367 e. The molecular weight excluding hydrogens is 222 g/mol. The SMILES string of the molecule is CC[C@H](N)c1ccc(N2CCN(C)C(C)C2)cc1. The van der Waals surface area contributed by atoms with Gasteiger partial charge in [-0.2, -0.15) is 0 Å². The van der Waals surface area contributed by atoms with E-state index >= 15 is 0 Å². The van der Waals surface area contributed by atoms with Crippen molar-refractivity contribution in [2.75, 3.05) is 31.6 Å². The van der Waals surface area contributed by atoms with Gasteiger partial charge in [-0.3, -0.25) is 0 Å². The zero-order valence-electron chi connectivity index (χ0n) is 11.8. The van der Waals surface area contributed by atoms with Crippen molar-refractivity contribution in [1.82, 2.24) is 4.90 Å². The molecule has 1 aliphatic rings. The lowest BCUT2D eigenvalue weighted by molar-refractivity contribution is 0.234. The highest BCUT2D eigenvalue weighted by atomic mass is 15.3. The molecule has 18 heavy (non-hydrogen) atoms. The molecule has 1 aromatic carbocycles. The van der Waals surface area contributed by atoms with E-state index in [0.717, 1.165) is 26.1 Å². The molecule has 1 aromatic rings. The predicted octanol–water partition coefficient (Wildman–Crippen LogP) is 2.24. The minimum atomic E-state index is 0.172. The molecule has 0 spiro atoms. The zero-order valence-corrected chi connectivity index (χ0v) is 11.8. The Balaban J connectivity index is 2.06. The molecule has 0 bridgehead atoms. The minimum absolute atomic E-state index is 0.172. The first-order chi connectivity index (χ1) is 8.61. The minimum Gasteiger partial charge on any atom is -0.369 e. The Kier molecular flexibility index (Phi) is 4.25. The van der Waals surface area contributed by atoms with Gasteiger partial charge in [-0.1, -0.05) is 19.1 Å². The number of hydrogen-bond acceptors (Lipinski definition) is 3. The lowest BCUT2D eigenvalue weighted by Crippen LogP contribution is -2.50. The molecule has 0 aliphatic carbocycles. The van der Waals surface area contributed by atoms with Gasteiger partial charge < -0.3 is 15.5 Å². The molecule has 0 aromatic heterocycles. The molecule has 100 valence electrons. The van der Waals surface area contributed by atoms with Crippen LogP contribution in [0, 0.1) is 0 Å². The number of piperazine rings is 1. The largest absolute Gasteiger partial charge is 0.369 e. The molecule has 0 radical (unpaired) electrons. The van der Waals surface area contributed by atoms with Crippen molar-refractivity contribution in [2.45, 2.75) is 32.4 Å². The third-order valence-corrected chi connectivity index (χ3v) is 4.09. The highest BCUT2D eigenvalue weighted by molar-refractivity contribution is 5.48. The van der Waals surface area contributed by atoms with Gasteiger partial charge in [-0.25, -0.2) is 0 Å². The fraction of sp³-hybridized carbons (Fsp3) is 0.600. The lowest BCUT2D eigenvalue weighted by Gasteiger charge is -2.39. The van der Waals surface area contributed by atoms with Gasteiger partial charge in [0.25, 0.3) is 0 Å². The van der Waals surface area contributed by atoms with E-state index in [1.165, 1.54) is 11.3 Å². The average molecular weight is 247 g/mol. The maximum Gasteiger partial charge on any atom is 0.0367 e. The van der Waals surface area contributed by atoms with E-state index in [9.17, 15) is 0 Å². The first kappa shape index (κ1) is 13.4. The Bertz CT molecular complexity index is 374. The molecule has 2 N–H and O–H groups in total. The fourth-order valence-corrected chi connectivity index (χ4v) is 2.45. The molecule has 1 unspecified atom stereocenters. The Morgan fingerprint density at radius 2 is 1.94 bits per heavy atom. The van der Waals surface area contributed by atoms with E-state index in [2.05, 4.69) is 55.0 Å². The normalized spacial score (nSPS) is 23.1. The molecule has 1 heterocycles. The molecule has 3 heteroatoms. The number of anilines is 1. The van der Waals surface area contributed by atoms with Crippen molar-refractivity contribution < 1.29 is 0 Å². The van der Waals surface area contributed by atoms with Gasteiger partial charge >= 0.3 is 0 Å². The van der Waals surface area contributed by atoms with Crippen LogP contribution in [-0.4, -0.2) is 37.6 Å². The molecule has 1 saturated heterocycles. The van der Waals surface area contributed by atoms with Gasteiger partial charge in [0.2, 0.25) is 0 Å². The Morgan fingerprint density at radius 3 is 2.50 bits per heavy atom. The van der Waals surface area contributed by atoms with E-state index in [1.807, 2.05) is 0 Å². The van der Waals surface area contributed by atoms with Gasteiger partial charge in [0.1, 0.15) is 0 Å². The van der Waals surface area contributed by atoms with Crippen LogP contribution in [0.5, 0.6) is 0 Å². The molecule has 1 fully saturated rings. The van der Waals surface area contributed by atoms with Crippen molar-refractivity contribution >= 4 is 5.69 Å². The molecule has 2 atom stereocenters. The second kappa shape index (κ2) is 5.72. The van der Waals surface area contributed by atoms with Crippen LogP contribution in [0.3, 0.4) is 0 Å². The summed E-state index contributed by atoms with van der Waals surface area (Å²) in [6.45, 7) is 7.77. The van der Waals surface area contributed by atoms with Gasteiger partial charge in [-0.05, 0) is 38.1 Å². The van der Waals surface area contributed by atoms with Crippen LogP contribution in [0.25, 0.3) is 0 Å². The van der Waals surface area contributed by atoms with Crippen molar-refractivity contribution in [1.29, 1.82) is 0 Å². The number of nitrogens with zero attached hydrogens (tertiary/aromatic N) is 2. The lowest BCUT2D eigenvalue weighted by atomic mass is 10.0. The summed E-state index contributed by atoms with van der Waals surface area (Å²) in [7, 11) is 2.20. The predicted molar refractivity (Wildman–Crippen MR) is 78.0 cm³/mol. The maximum absolute atomic E-state index is 6.04. The summed E-state index contributed by atoms with van der Waals surface area (Å²) in [6, 6.07) is 9.56. The third kappa shape index (κ3) is 2.85. The van der Waals surface area contributed by atoms with E-state index in [1.54, 1.807) is 0 Å². The van der Waals surface area contributed by atoms with Crippen LogP contribution < -0.4 is 10.6 Å². The Morgan fingerprint density at radius 1 is 1.28 bits per heavy atom. The first-order valence-electron chi connectivity index (χ1n) is 6.92. The van der Waals surface area contributed by atoms with Gasteiger partial charge in [0.05, 0.1) is 0 Å².